The minimum atomic E-state index is -0.149. The molecule has 2 saturated carbocycles. The number of hydrazone groups is 2. The van der Waals surface area contributed by atoms with E-state index in [1.165, 1.54) is 11.1 Å². The molecule has 4 aromatic heterocycles. The highest BCUT2D eigenvalue weighted by atomic mass is 16.3. The van der Waals surface area contributed by atoms with Crippen LogP contribution in [0, 0.1) is 47.3 Å². The van der Waals surface area contributed by atoms with Gasteiger partial charge in [-0.3, -0.25) is 10.9 Å². The van der Waals surface area contributed by atoms with E-state index in [2.05, 4.69) is 49.5 Å². The Morgan fingerprint density at radius 3 is 1.66 bits per heavy atom. The number of hydrogen-bond donors (Lipinski definition) is 3. The molecule has 5 aliphatic rings. The zero-order chi connectivity index (χ0) is 33.8. The third-order valence-electron chi connectivity index (χ3n) is 11.4. The van der Waals surface area contributed by atoms with Crippen molar-refractivity contribution in [2.24, 2.45) is 57.5 Å². The average molecular weight is 668 g/mol. The molecule has 8 atom stereocenters. The van der Waals surface area contributed by atoms with Gasteiger partial charge in [-0.05, 0) is 70.9 Å². The number of likely N-dealkylation sites (tertiary alicyclic amines) is 1. The summed E-state index contributed by atoms with van der Waals surface area (Å²) in [4.78, 5) is 39.8. The van der Waals surface area contributed by atoms with Crippen LogP contribution < -0.4 is 10.9 Å². The van der Waals surface area contributed by atoms with Crippen LogP contribution in [0.5, 0.6) is 0 Å². The minimum absolute atomic E-state index is 0.0547. The Morgan fingerprint density at radius 2 is 1.10 bits per heavy atom. The van der Waals surface area contributed by atoms with Crippen LogP contribution in [-0.2, 0) is 0 Å². The molecular weight excluding hydrogens is 630 g/mol. The fourth-order valence-corrected chi connectivity index (χ4v) is 9.48. The number of allylic oxidation sites excluding steroid dienone is 2. The maximum atomic E-state index is 10.1. The third-order valence-corrected chi connectivity index (χ3v) is 11.4. The van der Waals surface area contributed by atoms with Crippen molar-refractivity contribution in [2.75, 3.05) is 26.2 Å². The largest absolute Gasteiger partial charge is 0.395 e. The van der Waals surface area contributed by atoms with Crippen molar-refractivity contribution in [2.45, 2.75) is 13.8 Å². The van der Waals surface area contributed by atoms with Gasteiger partial charge in [0.15, 0.2) is 23.3 Å². The van der Waals surface area contributed by atoms with Crippen molar-refractivity contribution in [3.8, 4) is 0 Å². The van der Waals surface area contributed by atoms with Gasteiger partial charge in [0.1, 0.15) is 22.8 Å². The van der Waals surface area contributed by atoms with Gasteiger partial charge in [0.05, 0.1) is 6.61 Å². The predicted octanol–water partition coefficient (Wildman–Crippen LogP) is 2.29. The molecule has 7 heterocycles. The van der Waals surface area contributed by atoms with Crippen molar-refractivity contribution in [3.63, 3.8) is 0 Å². The molecule has 3 fully saturated rings. The maximum Gasteiger partial charge on any atom is 0.177 e. The summed E-state index contributed by atoms with van der Waals surface area (Å²) in [6, 6.07) is 7.30. The Hall–Kier alpha value is -5.34. The lowest BCUT2D eigenvalue weighted by Crippen LogP contribution is -2.61. The highest BCUT2D eigenvalue weighted by Crippen LogP contribution is 2.67. The van der Waals surface area contributed by atoms with Gasteiger partial charge in [-0.25, -0.2) is 39.9 Å². The van der Waals surface area contributed by atoms with Crippen LogP contribution in [0.2, 0.25) is 0 Å². The van der Waals surface area contributed by atoms with E-state index in [0.717, 1.165) is 35.9 Å². The molecule has 2 aliphatic carbocycles. The van der Waals surface area contributed by atoms with E-state index in [4.69, 9.17) is 30.1 Å². The van der Waals surface area contributed by atoms with Crippen molar-refractivity contribution in [1.82, 2.24) is 55.6 Å². The molecule has 50 heavy (non-hydrogen) atoms. The highest BCUT2D eigenvalue weighted by molar-refractivity contribution is 6.05. The Kier molecular flexibility index (Phi) is 7.69. The molecule has 3 aliphatic heterocycles. The van der Waals surface area contributed by atoms with Gasteiger partial charge in [-0.15, -0.1) is 0 Å². The second-order valence-electron chi connectivity index (χ2n) is 13.7. The van der Waals surface area contributed by atoms with Crippen LogP contribution in [0.15, 0.2) is 95.2 Å². The van der Waals surface area contributed by atoms with Crippen LogP contribution in [0.1, 0.15) is 37.1 Å². The molecule has 0 radical (unpaired) electrons. The quantitative estimate of drug-likeness (QED) is 0.263. The molecule has 0 aromatic carbocycles. The summed E-state index contributed by atoms with van der Waals surface area (Å²) < 4.78 is 0. The van der Waals surface area contributed by atoms with E-state index in [-0.39, 0.29) is 42.1 Å². The summed E-state index contributed by atoms with van der Waals surface area (Å²) in [5.41, 5.74) is 12.5. The molecule has 9 rings (SSSR count). The van der Waals surface area contributed by atoms with Crippen molar-refractivity contribution < 1.29 is 5.11 Å². The zero-order valence-corrected chi connectivity index (χ0v) is 27.7. The number of nitrogens with zero attached hydrogens (tertiary/aromatic N) is 11. The molecule has 0 spiro atoms. The fraction of sp³-hybridized carbons (Fsp3) is 0.389. The van der Waals surface area contributed by atoms with Gasteiger partial charge >= 0.3 is 0 Å². The van der Waals surface area contributed by atoms with E-state index in [1.807, 2.05) is 24.3 Å². The van der Waals surface area contributed by atoms with Crippen LogP contribution in [0.4, 0.5) is 0 Å². The second kappa shape index (κ2) is 12.5. The minimum Gasteiger partial charge on any atom is -0.395 e. The van der Waals surface area contributed by atoms with E-state index in [9.17, 15) is 5.11 Å². The van der Waals surface area contributed by atoms with Gasteiger partial charge < -0.3 is 10.0 Å². The summed E-state index contributed by atoms with van der Waals surface area (Å²) in [5.74, 6) is 3.53. The summed E-state index contributed by atoms with van der Waals surface area (Å²) in [6.07, 6.45) is 14.1. The van der Waals surface area contributed by atoms with Gasteiger partial charge in [0.2, 0.25) is 0 Å². The molecule has 14 heteroatoms. The highest BCUT2D eigenvalue weighted by Gasteiger charge is 2.65. The molecule has 0 bridgehead atoms. The van der Waals surface area contributed by atoms with Crippen LogP contribution in [0.3, 0.4) is 0 Å². The van der Waals surface area contributed by atoms with Crippen molar-refractivity contribution >= 4 is 22.8 Å². The van der Waals surface area contributed by atoms with E-state index in [0.29, 0.717) is 41.7 Å². The lowest BCUT2D eigenvalue weighted by molar-refractivity contribution is -0.0164. The number of fused-ring (bicyclic) bond motifs is 5. The third kappa shape index (κ3) is 4.84. The maximum absolute atomic E-state index is 10.1. The zero-order valence-electron chi connectivity index (χ0n) is 27.7. The van der Waals surface area contributed by atoms with Crippen molar-refractivity contribution in [3.05, 3.63) is 108 Å². The van der Waals surface area contributed by atoms with E-state index >= 15 is 0 Å². The predicted molar refractivity (Wildman–Crippen MR) is 184 cm³/mol. The molecule has 1 saturated heterocycles. The Morgan fingerprint density at radius 1 is 0.620 bits per heavy atom. The Balaban J connectivity index is 1.26. The lowest BCUT2D eigenvalue weighted by atomic mass is 9.41. The first-order chi connectivity index (χ1) is 24.6. The number of nitrogens with one attached hydrogen (secondary N) is 2. The van der Waals surface area contributed by atoms with Gasteiger partial charge in [-0.2, -0.15) is 10.2 Å². The normalized spacial score (nSPS) is 30.2. The first kappa shape index (κ1) is 30.7. The van der Waals surface area contributed by atoms with Crippen LogP contribution in [-0.4, -0.2) is 87.5 Å². The number of rotatable bonds is 7. The van der Waals surface area contributed by atoms with Gasteiger partial charge in [0, 0.05) is 81.0 Å². The topological polar surface area (TPSA) is 175 Å². The molecule has 3 N–H and O–H groups in total. The SMILES string of the molecule is CC1C(c2ncccn2)=NNC(c2ncccn2)=C1C1C2CN(CCO)CC2C(C)[C@H]2C3=C(c4ncccn4)NN=C(c4ncccn4)C3[C@@H]12. The monoisotopic (exact) mass is 667 g/mol. The van der Waals surface area contributed by atoms with E-state index < -0.39 is 0 Å². The van der Waals surface area contributed by atoms with Crippen LogP contribution >= 0.6 is 0 Å². The van der Waals surface area contributed by atoms with E-state index in [1.54, 1.807) is 49.6 Å². The molecule has 4 aromatic rings. The lowest BCUT2D eigenvalue weighted by Gasteiger charge is -2.62. The fourth-order valence-electron chi connectivity index (χ4n) is 9.48. The summed E-state index contributed by atoms with van der Waals surface area (Å²) >= 11 is 0. The van der Waals surface area contributed by atoms with Gasteiger partial charge in [-0.1, -0.05) is 13.8 Å². The summed E-state index contributed by atoms with van der Waals surface area (Å²) in [7, 11) is 0. The average Bonchev–Trinajstić information content (AvgIpc) is 3.59. The van der Waals surface area contributed by atoms with Crippen LogP contribution in [0.25, 0.3) is 11.4 Å². The molecule has 6 unspecified atom stereocenters. The standard InChI is InChI=1S/C36H37N13O/c1-19-21-17-49(15-16-50)18-22(21)25(24-20(2)29(33-37-7-3-8-38-33)45-46-30(24)34-39-9-4-10-40-34)26-23(19)27-28(26)32(36-43-13-6-14-44-36)48-47-31(27)35-41-11-5-12-42-35/h3-14,19-23,25-26,28,46-47,50H,15-18H2,1-2H3/t19?,20?,21?,22?,23-,25?,26-,28?/m1/s1. The smallest absolute Gasteiger partial charge is 0.177 e. The number of aromatic nitrogens is 8. The first-order valence-corrected chi connectivity index (χ1v) is 17.2. The number of aliphatic hydroxyl groups is 1. The molecule has 0 amide bonds. The number of aliphatic hydroxyl groups excluding tert-OH is 1. The second-order valence-corrected chi connectivity index (χ2v) is 13.7. The number of hydrogen-bond acceptors (Lipinski definition) is 14. The molecule has 252 valence electrons. The van der Waals surface area contributed by atoms with Crippen molar-refractivity contribution in [1.29, 1.82) is 0 Å². The van der Waals surface area contributed by atoms with Gasteiger partial charge in [0.25, 0.3) is 0 Å². The Bertz CT molecular complexity index is 2000. The first-order valence-electron chi connectivity index (χ1n) is 17.2. The number of β-amino-alcohol motifs (C(OH)–C–C–N with tert-alkyl or cyclic N) is 1. The molecule has 14 nitrogen and oxygen atoms in total. The summed E-state index contributed by atoms with van der Waals surface area (Å²) in [5, 5.41) is 19.9. The Labute approximate surface area is 289 Å². The summed E-state index contributed by atoms with van der Waals surface area (Å²) in [6.45, 7) is 7.12. The molecular formula is C36H37N13O.